The lowest BCUT2D eigenvalue weighted by molar-refractivity contribution is -0.181. The summed E-state index contributed by atoms with van der Waals surface area (Å²) in [5, 5.41) is 25.3. The number of rotatable bonds is 6. The van der Waals surface area contributed by atoms with Gasteiger partial charge in [0.05, 0.1) is 23.1 Å². The molecule has 2 amide bonds. The Balaban J connectivity index is 1.89. The molecule has 4 rings (SSSR count). The zero-order valence-electron chi connectivity index (χ0n) is 22.2. The number of amides is 2. The Labute approximate surface area is 224 Å². The SMILES string of the molecule is CN(C)c1cc(C(=O)NCCN)c(O)c2c1C[C@H]1C[C@H]3[C@H](N(C)C)C(=O)C(C(N)=O)C(=O)[C@@]3(O)C(=O)C1C2=O. The summed E-state index contributed by atoms with van der Waals surface area (Å²) in [6.45, 7) is 0.263. The van der Waals surface area contributed by atoms with Crippen molar-refractivity contribution < 1.29 is 39.0 Å². The van der Waals surface area contributed by atoms with Gasteiger partial charge in [0.15, 0.2) is 34.7 Å². The Morgan fingerprint density at radius 3 is 2.31 bits per heavy atom. The standard InChI is InChI=1S/C26H33N5O8/c1-30(2)14-9-12(25(38)29-6-5-27)19(32)16-11(14)7-10-8-13-18(31(3)4)21(34)17(24(28)37)23(36)26(13,39)22(35)15(10)20(16)33/h9-10,13,15,17-18,32,39H,5-8,27H2,1-4H3,(H2,28,37)(H,29,38)/t10-,13-,15?,17?,18-,26-/m0/s1. The van der Waals surface area contributed by atoms with Crippen molar-refractivity contribution in [1.82, 2.24) is 10.2 Å². The number of Topliss-reactive ketones (excluding diaryl/α,β-unsaturated/α-hetero) is 4. The molecule has 3 aliphatic carbocycles. The summed E-state index contributed by atoms with van der Waals surface area (Å²) in [4.78, 5) is 82.3. The number of benzene rings is 1. The molecule has 2 fully saturated rings. The summed E-state index contributed by atoms with van der Waals surface area (Å²) in [7, 11) is 6.43. The van der Waals surface area contributed by atoms with E-state index >= 15 is 0 Å². The number of phenols is 1. The van der Waals surface area contributed by atoms with Gasteiger partial charge in [-0.25, -0.2) is 0 Å². The maximum Gasteiger partial charge on any atom is 0.255 e. The van der Waals surface area contributed by atoms with E-state index in [2.05, 4.69) is 5.32 Å². The molecule has 0 spiro atoms. The average molecular weight is 544 g/mol. The lowest BCUT2D eigenvalue weighted by Crippen LogP contribution is -2.74. The van der Waals surface area contributed by atoms with E-state index in [1.807, 2.05) is 0 Å². The van der Waals surface area contributed by atoms with Gasteiger partial charge in [-0.15, -0.1) is 0 Å². The number of carbonyl (C=O) groups is 6. The number of nitrogens with zero attached hydrogens (tertiary/aromatic N) is 2. The molecule has 210 valence electrons. The van der Waals surface area contributed by atoms with Crippen LogP contribution in [0.1, 0.15) is 32.7 Å². The van der Waals surface area contributed by atoms with Crippen LogP contribution in [0.4, 0.5) is 5.69 Å². The van der Waals surface area contributed by atoms with Crippen molar-refractivity contribution in [2.75, 3.05) is 46.2 Å². The Hall–Kier alpha value is -3.68. The Kier molecular flexibility index (Phi) is 7.13. The summed E-state index contributed by atoms with van der Waals surface area (Å²) in [6, 6.07) is 0.268. The van der Waals surface area contributed by atoms with Crippen molar-refractivity contribution in [3.63, 3.8) is 0 Å². The van der Waals surface area contributed by atoms with Crippen LogP contribution in [0, 0.1) is 23.7 Å². The lowest BCUT2D eigenvalue weighted by atomic mass is 9.52. The highest BCUT2D eigenvalue weighted by Gasteiger charge is 2.69. The maximum absolute atomic E-state index is 13.9. The molecule has 0 heterocycles. The zero-order chi connectivity index (χ0) is 29.1. The number of anilines is 1. The van der Waals surface area contributed by atoms with Gasteiger partial charge in [-0.3, -0.25) is 33.7 Å². The van der Waals surface area contributed by atoms with E-state index in [0.717, 1.165) is 0 Å². The molecular formula is C26H33N5O8. The molecule has 7 N–H and O–H groups in total. The molecule has 13 heteroatoms. The predicted octanol–water partition coefficient (Wildman–Crippen LogP) is -2.38. The van der Waals surface area contributed by atoms with Crippen molar-refractivity contribution in [2.24, 2.45) is 35.1 Å². The summed E-state index contributed by atoms with van der Waals surface area (Å²) in [5.74, 6) is -12.2. The van der Waals surface area contributed by atoms with Gasteiger partial charge in [0.25, 0.3) is 5.91 Å². The molecule has 0 bridgehead atoms. The number of nitrogens with one attached hydrogen (secondary N) is 1. The number of phenolic OH excluding ortho intramolecular Hbond substituents is 1. The van der Waals surface area contributed by atoms with E-state index in [9.17, 15) is 39.0 Å². The minimum absolute atomic E-state index is 0.0593. The fourth-order valence-corrected chi connectivity index (χ4v) is 6.51. The monoisotopic (exact) mass is 543 g/mol. The van der Waals surface area contributed by atoms with E-state index in [1.54, 1.807) is 19.0 Å². The molecule has 2 unspecified atom stereocenters. The van der Waals surface area contributed by atoms with Crippen molar-refractivity contribution >= 4 is 40.6 Å². The first kappa shape index (κ1) is 28.3. The smallest absolute Gasteiger partial charge is 0.255 e. The third-order valence-electron chi connectivity index (χ3n) is 8.19. The Morgan fingerprint density at radius 1 is 1.13 bits per heavy atom. The lowest BCUT2D eigenvalue weighted by Gasteiger charge is -2.52. The highest BCUT2D eigenvalue weighted by atomic mass is 16.3. The van der Waals surface area contributed by atoms with Crippen LogP contribution in [0.5, 0.6) is 5.75 Å². The summed E-state index contributed by atoms with van der Waals surface area (Å²) >= 11 is 0. The van der Waals surface area contributed by atoms with Gasteiger partial charge in [0.2, 0.25) is 5.91 Å². The first-order valence-electron chi connectivity index (χ1n) is 12.6. The molecular weight excluding hydrogens is 510 g/mol. The van der Waals surface area contributed by atoms with Crippen LogP contribution in [0.15, 0.2) is 6.07 Å². The van der Waals surface area contributed by atoms with E-state index in [4.69, 9.17) is 11.5 Å². The largest absolute Gasteiger partial charge is 0.506 e. The van der Waals surface area contributed by atoms with Gasteiger partial charge in [-0.1, -0.05) is 0 Å². The Bertz CT molecular complexity index is 1310. The highest BCUT2D eigenvalue weighted by molar-refractivity contribution is 6.32. The third kappa shape index (κ3) is 4.03. The molecule has 1 aromatic rings. The first-order valence-corrected chi connectivity index (χ1v) is 12.6. The summed E-state index contributed by atoms with van der Waals surface area (Å²) in [6.07, 6.45) is 0.0356. The van der Waals surface area contributed by atoms with E-state index in [0.29, 0.717) is 11.3 Å². The molecule has 13 nitrogen and oxygen atoms in total. The fraction of sp³-hybridized carbons (Fsp3) is 0.538. The second-order valence-corrected chi connectivity index (χ2v) is 10.9. The van der Waals surface area contributed by atoms with Gasteiger partial charge in [0, 0.05) is 38.8 Å². The van der Waals surface area contributed by atoms with Gasteiger partial charge in [-0.2, -0.15) is 0 Å². The number of nitrogens with two attached hydrogens (primary N) is 2. The van der Waals surface area contributed by atoms with Crippen LogP contribution in [0.3, 0.4) is 0 Å². The van der Waals surface area contributed by atoms with Crippen LogP contribution >= 0.6 is 0 Å². The number of aromatic hydroxyl groups is 1. The second kappa shape index (κ2) is 9.81. The van der Waals surface area contributed by atoms with Crippen LogP contribution in [-0.4, -0.2) is 103 Å². The number of fused-ring (bicyclic) bond motifs is 3. The zero-order valence-corrected chi connectivity index (χ0v) is 22.2. The van der Waals surface area contributed by atoms with Crippen molar-refractivity contribution in [3.8, 4) is 5.75 Å². The molecule has 0 aliphatic heterocycles. The normalized spacial score (nSPS) is 30.0. The van der Waals surface area contributed by atoms with Gasteiger partial charge in [0.1, 0.15) is 5.75 Å². The predicted molar refractivity (Wildman–Crippen MR) is 137 cm³/mol. The second-order valence-electron chi connectivity index (χ2n) is 10.9. The number of ketones is 4. The summed E-state index contributed by atoms with van der Waals surface area (Å²) < 4.78 is 0. The molecule has 0 radical (unpaired) electrons. The van der Waals surface area contributed by atoms with E-state index in [-0.39, 0.29) is 37.1 Å². The average Bonchev–Trinajstić information content (AvgIpc) is 2.84. The molecule has 3 aliphatic rings. The van der Waals surface area contributed by atoms with E-state index in [1.165, 1.54) is 25.1 Å². The number of primary amides is 1. The van der Waals surface area contributed by atoms with Crippen LogP contribution in [0.25, 0.3) is 0 Å². The highest BCUT2D eigenvalue weighted by Crippen LogP contribution is 2.52. The molecule has 2 saturated carbocycles. The molecule has 39 heavy (non-hydrogen) atoms. The quantitative estimate of drug-likeness (QED) is 0.239. The number of carbonyl (C=O) groups excluding carboxylic acids is 6. The molecule has 6 atom stereocenters. The maximum atomic E-state index is 13.9. The molecule has 0 saturated heterocycles. The van der Waals surface area contributed by atoms with Gasteiger partial charge in [-0.05, 0) is 44.5 Å². The first-order chi connectivity index (χ1) is 18.2. The third-order valence-corrected chi connectivity index (χ3v) is 8.19. The Morgan fingerprint density at radius 2 is 1.77 bits per heavy atom. The van der Waals surface area contributed by atoms with Gasteiger partial charge < -0.3 is 31.9 Å². The topological polar surface area (TPSA) is 213 Å². The number of aliphatic hydroxyl groups is 1. The molecule has 1 aromatic carbocycles. The van der Waals surface area contributed by atoms with Crippen molar-refractivity contribution in [2.45, 2.75) is 24.5 Å². The number of hydrogen-bond donors (Lipinski definition) is 5. The minimum Gasteiger partial charge on any atom is -0.506 e. The fourth-order valence-electron chi connectivity index (χ4n) is 6.51. The van der Waals surface area contributed by atoms with E-state index < -0.39 is 76.0 Å². The van der Waals surface area contributed by atoms with Crippen molar-refractivity contribution in [3.05, 3.63) is 22.8 Å². The van der Waals surface area contributed by atoms with Gasteiger partial charge >= 0.3 is 0 Å². The minimum atomic E-state index is -2.81. The van der Waals surface area contributed by atoms with Crippen LogP contribution in [-0.2, 0) is 25.6 Å². The summed E-state index contributed by atoms with van der Waals surface area (Å²) in [5.41, 5.74) is 8.40. The van der Waals surface area contributed by atoms with Crippen molar-refractivity contribution in [1.29, 1.82) is 0 Å². The number of likely N-dealkylation sites (N-methyl/N-ethyl adjacent to an activating group) is 1. The number of hydrogen-bond acceptors (Lipinski definition) is 11. The molecule has 0 aromatic heterocycles. The van der Waals surface area contributed by atoms with Crippen LogP contribution < -0.4 is 21.7 Å². The van der Waals surface area contributed by atoms with Crippen LogP contribution in [0.2, 0.25) is 0 Å².